The first-order valence-electron chi connectivity index (χ1n) is 7.36. The quantitative estimate of drug-likeness (QED) is 0.859. The van der Waals surface area contributed by atoms with Crippen LogP contribution in [0.25, 0.3) is 0 Å². The zero-order valence-corrected chi connectivity index (χ0v) is 14.0. The normalized spacial score (nSPS) is 18.3. The first-order valence-corrected chi connectivity index (χ1v) is 8.15. The van der Waals surface area contributed by atoms with Crippen LogP contribution in [0.15, 0.2) is 46.9 Å². The van der Waals surface area contributed by atoms with Crippen molar-refractivity contribution in [2.45, 2.75) is 31.8 Å². The third-order valence-corrected chi connectivity index (χ3v) is 5.02. The molecule has 2 nitrogen and oxygen atoms in total. The van der Waals surface area contributed by atoms with Crippen LogP contribution >= 0.6 is 15.9 Å². The second-order valence-corrected chi connectivity index (χ2v) is 6.41. The standard InChI is InChI=1S/C18H20BrNO/c1-12(13-6-8-14(21-2)9-7-13)20-18-11-10-15-16(18)4-3-5-17(15)19/h3-9,12,18,20H,10-11H2,1-2H3/t12-,18?/m0/s1. The van der Waals surface area contributed by atoms with E-state index in [0.717, 1.165) is 12.2 Å². The van der Waals surface area contributed by atoms with Crippen molar-refractivity contribution < 1.29 is 4.74 Å². The SMILES string of the molecule is COc1ccc([C@H](C)NC2CCc3c(Br)cccc32)cc1. The monoisotopic (exact) mass is 345 g/mol. The van der Waals surface area contributed by atoms with Crippen molar-refractivity contribution in [3.63, 3.8) is 0 Å². The van der Waals surface area contributed by atoms with Gasteiger partial charge in [0.05, 0.1) is 7.11 Å². The lowest BCUT2D eigenvalue weighted by atomic mass is 10.0. The molecule has 0 radical (unpaired) electrons. The van der Waals surface area contributed by atoms with Gasteiger partial charge in [0, 0.05) is 16.6 Å². The van der Waals surface area contributed by atoms with Crippen LogP contribution in [0.3, 0.4) is 0 Å². The van der Waals surface area contributed by atoms with Crippen LogP contribution in [0.4, 0.5) is 0 Å². The highest BCUT2D eigenvalue weighted by molar-refractivity contribution is 9.10. The number of rotatable bonds is 4. The first-order chi connectivity index (χ1) is 10.2. The fourth-order valence-electron chi connectivity index (χ4n) is 3.07. The summed E-state index contributed by atoms with van der Waals surface area (Å²) in [5.41, 5.74) is 4.18. The van der Waals surface area contributed by atoms with Gasteiger partial charge in [-0.1, -0.05) is 40.2 Å². The van der Waals surface area contributed by atoms with E-state index < -0.39 is 0 Å². The number of nitrogens with one attached hydrogen (secondary N) is 1. The minimum absolute atomic E-state index is 0.325. The summed E-state index contributed by atoms with van der Waals surface area (Å²) in [6, 6.07) is 15.6. The van der Waals surface area contributed by atoms with E-state index in [-0.39, 0.29) is 0 Å². The highest BCUT2D eigenvalue weighted by Gasteiger charge is 2.25. The Morgan fingerprint density at radius 2 is 1.95 bits per heavy atom. The van der Waals surface area contributed by atoms with Crippen LogP contribution in [-0.4, -0.2) is 7.11 Å². The number of methoxy groups -OCH3 is 1. The van der Waals surface area contributed by atoms with Gasteiger partial charge in [0.2, 0.25) is 0 Å². The van der Waals surface area contributed by atoms with Crippen LogP contribution in [0.2, 0.25) is 0 Å². The van der Waals surface area contributed by atoms with Crippen LogP contribution < -0.4 is 10.1 Å². The van der Waals surface area contributed by atoms with Crippen molar-refractivity contribution in [2.75, 3.05) is 7.11 Å². The van der Waals surface area contributed by atoms with E-state index in [1.54, 1.807) is 7.11 Å². The molecule has 0 spiro atoms. The second kappa shape index (κ2) is 6.20. The van der Waals surface area contributed by atoms with Gasteiger partial charge < -0.3 is 10.1 Å². The molecule has 1 N–H and O–H groups in total. The molecule has 0 aliphatic heterocycles. The molecular formula is C18H20BrNO. The average Bonchev–Trinajstić information content (AvgIpc) is 2.92. The van der Waals surface area contributed by atoms with E-state index in [1.165, 1.54) is 27.6 Å². The lowest BCUT2D eigenvalue weighted by Crippen LogP contribution is -2.22. The highest BCUT2D eigenvalue weighted by Crippen LogP contribution is 2.36. The summed E-state index contributed by atoms with van der Waals surface area (Å²) in [7, 11) is 1.70. The van der Waals surface area contributed by atoms with Gasteiger partial charge in [-0.25, -0.2) is 0 Å². The summed E-state index contributed by atoms with van der Waals surface area (Å²) >= 11 is 3.66. The molecule has 2 aromatic rings. The Labute approximate surface area is 134 Å². The maximum atomic E-state index is 5.22. The van der Waals surface area contributed by atoms with Gasteiger partial charge >= 0.3 is 0 Å². The molecule has 0 amide bonds. The summed E-state index contributed by atoms with van der Waals surface area (Å²) in [6.07, 6.45) is 2.31. The van der Waals surface area contributed by atoms with Crippen molar-refractivity contribution in [3.05, 3.63) is 63.6 Å². The Kier molecular flexibility index (Phi) is 4.32. The summed E-state index contributed by atoms with van der Waals surface area (Å²) in [5.74, 6) is 0.904. The largest absolute Gasteiger partial charge is 0.497 e. The van der Waals surface area contributed by atoms with Crippen molar-refractivity contribution in [3.8, 4) is 5.75 Å². The Hall–Kier alpha value is -1.32. The predicted octanol–water partition coefficient (Wildman–Crippen LogP) is 4.80. The molecular weight excluding hydrogens is 326 g/mol. The number of hydrogen-bond acceptors (Lipinski definition) is 2. The number of fused-ring (bicyclic) bond motifs is 1. The van der Waals surface area contributed by atoms with Gasteiger partial charge in [-0.3, -0.25) is 0 Å². The fraction of sp³-hybridized carbons (Fsp3) is 0.333. The first kappa shape index (κ1) is 14.6. The molecule has 2 atom stereocenters. The van der Waals surface area contributed by atoms with Gasteiger partial charge in [0.25, 0.3) is 0 Å². The fourth-order valence-corrected chi connectivity index (χ4v) is 3.65. The van der Waals surface area contributed by atoms with E-state index in [1.807, 2.05) is 12.1 Å². The van der Waals surface area contributed by atoms with Gasteiger partial charge in [0.1, 0.15) is 5.75 Å². The predicted molar refractivity (Wildman–Crippen MR) is 89.7 cm³/mol. The third-order valence-electron chi connectivity index (χ3n) is 4.28. The molecule has 1 aliphatic rings. The van der Waals surface area contributed by atoms with Crippen molar-refractivity contribution in [1.29, 1.82) is 0 Å². The topological polar surface area (TPSA) is 21.3 Å². The van der Waals surface area contributed by atoms with Crippen LogP contribution in [-0.2, 0) is 6.42 Å². The molecule has 3 rings (SSSR count). The smallest absolute Gasteiger partial charge is 0.118 e. The van der Waals surface area contributed by atoms with Gasteiger partial charge in [-0.15, -0.1) is 0 Å². The number of hydrogen-bond donors (Lipinski definition) is 1. The second-order valence-electron chi connectivity index (χ2n) is 5.56. The summed E-state index contributed by atoms with van der Waals surface area (Å²) in [4.78, 5) is 0. The summed E-state index contributed by atoms with van der Waals surface area (Å²) < 4.78 is 6.45. The Bertz CT molecular complexity index is 624. The van der Waals surface area contributed by atoms with Crippen molar-refractivity contribution >= 4 is 15.9 Å². The molecule has 2 aromatic carbocycles. The molecule has 3 heteroatoms. The van der Waals surface area contributed by atoms with Crippen molar-refractivity contribution in [1.82, 2.24) is 5.32 Å². The van der Waals surface area contributed by atoms with Crippen LogP contribution in [0, 0.1) is 0 Å². The Balaban J connectivity index is 1.74. The van der Waals surface area contributed by atoms with Gasteiger partial charge in [-0.2, -0.15) is 0 Å². The maximum absolute atomic E-state index is 5.22. The van der Waals surface area contributed by atoms with E-state index in [0.29, 0.717) is 12.1 Å². The maximum Gasteiger partial charge on any atom is 0.118 e. The van der Waals surface area contributed by atoms with E-state index >= 15 is 0 Å². The molecule has 0 heterocycles. The number of halogens is 1. The molecule has 0 aromatic heterocycles. The molecule has 0 saturated heterocycles. The van der Waals surface area contributed by atoms with E-state index in [2.05, 4.69) is 58.5 Å². The van der Waals surface area contributed by atoms with E-state index in [4.69, 9.17) is 4.74 Å². The summed E-state index contributed by atoms with van der Waals surface area (Å²) in [5, 5.41) is 3.75. The minimum Gasteiger partial charge on any atom is -0.497 e. The molecule has 110 valence electrons. The van der Waals surface area contributed by atoms with E-state index in [9.17, 15) is 0 Å². The van der Waals surface area contributed by atoms with Crippen LogP contribution in [0.5, 0.6) is 5.75 Å². The molecule has 1 unspecified atom stereocenters. The van der Waals surface area contributed by atoms with Gasteiger partial charge in [0.15, 0.2) is 0 Å². The Morgan fingerprint density at radius 1 is 1.19 bits per heavy atom. The lowest BCUT2D eigenvalue weighted by molar-refractivity contribution is 0.414. The third kappa shape index (κ3) is 2.99. The molecule has 21 heavy (non-hydrogen) atoms. The number of benzene rings is 2. The zero-order chi connectivity index (χ0) is 14.8. The Morgan fingerprint density at radius 3 is 2.67 bits per heavy atom. The molecule has 1 aliphatic carbocycles. The average molecular weight is 346 g/mol. The molecule has 0 saturated carbocycles. The van der Waals surface area contributed by atoms with Gasteiger partial charge in [-0.05, 0) is 54.7 Å². The highest BCUT2D eigenvalue weighted by atomic mass is 79.9. The minimum atomic E-state index is 0.325. The van der Waals surface area contributed by atoms with Crippen molar-refractivity contribution in [2.24, 2.45) is 0 Å². The number of ether oxygens (including phenoxy) is 1. The molecule has 0 bridgehead atoms. The lowest BCUT2D eigenvalue weighted by Gasteiger charge is -2.21. The zero-order valence-electron chi connectivity index (χ0n) is 12.4. The summed E-state index contributed by atoms with van der Waals surface area (Å²) in [6.45, 7) is 2.22. The van der Waals surface area contributed by atoms with Crippen LogP contribution in [0.1, 0.15) is 42.1 Å². The molecule has 0 fully saturated rings.